The first-order chi connectivity index (χ1) is 16.8. The van der Waals surface area contributed by atoms with Gasteiger partial charge in [0.1, 0.15) is 5.71 Å². The molecule has 5 rings (SSSR count). The number of ether oxygens (including phenoxy) is 2. The summed E-state index contributed by atoms with van der Waals surface area (Å²) in [5.74, 6) is 0.187. The van der Waals surface area contributed by atoms with Gasteiger partial charge in [-0.2, -0.15) is 0 Å². The van der Waals surface area contributed by atoms with E-state index in [0.717, 1.165) is 0 Å². The fourth-order valence-electron chi connectivity index (χ4n) is 5.19. The number of benzene rings is 2. The van der Waals surface area contributed by atoms with Crippen molar-refractivity contribution in [2.75, 3.05) is 37.9 Å². The largest absolute Gasteiger partial charge is 0.410 e. The van der Waals surface area contributed by atoms with Gasteiger partial charge in [0.2, 0.25) is 0 Å². The van der Waals surface area contributed by atoms with Gasteiger partial charge in [0, 0.05) is 37.6 Å². The molecule has 0 saturated carbocycles. The third-order valence-electron chi connectivity index (χ3n) is 7.19. The first-order valence-corrected chi connectivity index (χ1v) is 15.2. The molecule has 0 unspecified atom stereocenters. The molecule has 2 aromatic carbocycles. The topological polar surface area (TPSA) is 119 Å². The Hall–Kier alpha value is -2.27. The molecule has 196 valence electrons. The molecule has 0 spiro atoms. The van der Waals surface area contributed by atoms with Gasteiger partial charge in [0.05, 0.1) is 21.3 Å². The van der Waals surface area contributed by atoms with Crippen LogP contribution in [0.1, 0.15) is 44.2 Å². The molecule has 1 N–H and O–H groups in total. The van der Waals surface area contributed by atoms with E-state index in [1.807, 2.05) is 0 Å². The van der Waals surface area contributed by atoms with Crippen molar-refractivity contribution in [3.8, 4) is 11.1 Å². The SMILES string of the molecule is C.O=S(=O)(CC1CCOCC1)c1ccc2c(c1)C(=NO)c1cc(S(=O)(=O)CC3CCOCC3)ccc1-2. The fourth-order valence-corrected chi connectivity index (χ4v) is 8.63. The van der Waals surface area contributed by atoms with Crippen LogP contribution in [0.15, 0.2) is 51.3 Å². The fraction of sp³-hybridized carbons (Fsp3) is 0.500. The summed E-state index contributed by atoms with van der Waals surface area (Å²) in [6.07, 6.45) is 2.85. The van der Waals surface area contributed by atoms with Crippen LogP contribution in [0.5, 0.6) is 0 Å². The lowest BCUT2D eigenvalue weighted by Gasteiger charge is -2.21. The average molecular weight is 536 g/mol. The normalized spacial score (nSPS) is 18.8. The lowest BCUT2D eigenvalue weighted by molar-refractivity contribution is 0.0722. The van der Waals surface area contributed by atoms with Crippen LogP contribution in [0.25, 0.3) is 11.1 Å². The number of hydrogen-bond donors (Lipinski definition) is 1. The van der Waals surface area contributed by atoms with Crippen LogP contribution in [0.3, 0.4) is 0 Å². The highest BCUT2D eigenvalue weighted by molar-refractivity contribution is 7.91. The summed E-state index contributed by atoms with van der Waals surface area (Å²) in [5, 5.41) is 13.3. The van der Waals surface area contributed by atoms with Crippen molar-refractivity contribution < 1.29 is 31.5 Å². The standard InChI is InChI=1S/C25H29NO7S2.CH4/c27-26-25-23-13-19(34(28,29)15-17-5-9-32-10-6-17)1-3-21(23)22-4-2-20(14-24(22)25)35(30,31)16-18-7-11-33-12-8-18;/h1-4,13-14,17-18,27H,5-12,15-16H2;1H4. The van der Waals surface area contributed by atoms with Crippen molar-refractivity contribution in [1.82, 2.24) is 0 Å². The van der Waals surface area contributed by atoms with E-state index in [4.69, 9.17) is 9.47 Å². The van der Waals surface area contributed by atoms with Gasteiger partial charge in [0.25, 0.3) is 0 Å². The second-order valence-electron chi connectivity index (χ2n) is 9.54. The Morgan fingerprint density at radius 1 is 0.694 bits per heavy atom. The predicted octanol–water partition coefficient (Wildman–Crippen LogP) is 3.93. The minimum Gasteiger partial charge on any atom is -0.410 e. The molecule has 2 aliphatic heterocycles. The molecule has 0 bridgehead atoms. The highest BCUT2D eigenvalue weighted by Crippen LogP contribution is 2.40. The van der Waals surface area contributed by atoms with Crippen LogP contribution in [0.2, 0.25) is 0 Å². The van der Waals surface area contributed by atoms with E-state index in [2.05, 4.69) is 5.16 Å². The van der Waals surface area contributed by atoms with Crippen LogP contribution < -0.4 is 0 Å². The molecule has 8 nitrogen and oxygen atoms in total. The third-order valence-corrected chi connectivity index (χ3v) is 11.0. The number of oxime groups is 1. The van der Waals surface area contributed by atoms with E-state index < -0.39 is 19.7 Å². The summed E-state index contributed by atoms with van der Waals surface area (Å²) < 4.78 is 63.1. The van der Waals surface area contributed by atoms with Crippen molar-refractivity contribution in [2.24, 2.45) is 17.0 Å². The van der Waals surface area contributed by atoms with E-state index in [-0.39, 0.29) is 46.3 Å². The smallest absolute Gasteiger partial charge is 0.178 e. The van der Waals surface area contributed by atoms with Crippen molar-refractivity contribution in [3.05, 3.63) is 47.5 Å². The highest BCUT2D eigenvalue weighted by atomic mass is 32.2. The summed E-state index contributed by atoms with van der Waals surface area (Å²) in [7, 11) is -7.09. The van der Waals surface area contributed by atoms with Gasteiger partial charge >= 0.3 is 0 Å². The molecule has 0 aromatic heterocycles. The quantitative estimate of drug-likeness (QED) is 0.375. The van der Waals surface area contributed by atoms with E-state index in [0.29, 0.717) is 74.4 Å². The maximum Gasteiger partial charge on any atom is 0.178 e. The maximum absolute atomic E-state index is 13.1. The lowest BCUT2D eigenvalue weighted by Crippen LogP contribution is -2.23. The van der Waals surface area contributed by atoms with Gasteiger partial charge in [-0.05, 0) is 72.9 Å². The van der Waals surface area contributed by atoms with Crippen LogP contribution in [-0.2, 0) is 29.1 Å². The molecule has 2 heterocycles. The monoisotopic (exact) mass is 535 g/mol. The van der Waals surface area contributed by atoms with Crippen LogP contribution >= 0.6 is 0 Å². The molecule has 0 radical (unpaired) electrons. The van der Waals surface area contributed by atoms with Gasteiger partial charge in [0.15, 0.2) is 19.7 Å². The summed E-state index contributed by atoms with van der Waals surface area (Å²) in [4.78, 5) is 0.341. The zero-order valence-electron chi connectivity index (χ0n) is 19.4. The number of sulfone groups is 2. The van der Waals surface area contributed by atoms with Crippen LogP contribution in [-0.4, -0.2) is 65.7 Å². The van der Waals surface area contributed by atoms with E-state index in [1.54, 1.807) is 24.3 Å². The maximum atomic E-state index is 13.1. The molecule has 36 heavy (non-hydrogen) atoms. The Balaban J connectivity index is 0.00000304. The second kappa shape index (κ2) is 10.6. The molecule has 3 aliphatic rings. The Morgan fingerprint density at radius 3 is 1.44 bits per heavy atom. The first-order valence-electron chi connectivity index (χ1n) is 11.9. The zero-order chi connectivity index (χ0) is 24.6. The summed E-state index contributed by atoms with van der Waals surface area (Å²) >= 11 is 0. The third kappa shape index (κ3) is 5.22. The Labute approximate surface area is 213 Å². The Morgan fingerprint density at radius 2 is 1.08 bits per heavy atom. The minimum absolute atomic E-state index is 0. The second-order valence-corrected chi connectivity index (χ2v) is 13.6. The molecular weight excluding hydrogens is 502 g/mol. The summed E-state index contributed by atoms with van der Waals surface area (Å²) in [5.41, 5.74) is 2.57. The van der Waals surface area contributed by atoms with Crippen molar-refractivity contribution in [3.63, 3.8) is 0 Å². The molecule has 10 heteroatoms. The number of nitrogens with zero attached hydrogens (tertiary/aromatic N) is 1. The van der Waals surface area contributed by atoms with Crippen molar-refractivity contribution in [2.45, 2.75) is 42.9 Å². The summed E-state index contributed by atoms with van der Waals surface area (Å²) in [6, 6.07) is 9.64. The molecule has 0 atom stereocenters. The molecule has 1 aliphatic carbocycles. The van der Waals surface area contributed by atoms with Crippen molar-refractivity contribution >= 4 is 25.4 Å². The van der Waals surface area contributed by atoms with Crippen LogP contribution in [0, 0.1) is 11.8 Å². The van der Waals surface area contributed by atoms with Gasteiger partial charge in [-0.15, -0.1) is 0 Å². The highest BCUT2D eigenvalue weighted by Gasteiger charge is 2.31. The van der Waals surface area contributed by atoms with Gasteiger partial charge in [-0.25, -0.2) is 16.8 Å². The first kappa shape index (κ1) is 26.8. The van der Waals surface area contributed by atoms with Crippen LogP contribution in [0.4, 0.5) is 0 Å². The zero-order valence-corrected chi connectivity index (χ0v) is 21.0. The average Bonchev–Trinajstić information content (AvgIpc) is 3.17. The molecular formula is C26H33NO7S2. The Kier molecular flexibility index (Phi) is 7.89. The van der Waals surface area contributed by atoms with Gasteiger partial charge < -0.3 is 14.7 Å². The number of hydrogen-bond acceptors (Lipinski definition) is 8. The van der Waals surface area contributed by atoms with Crippen molar-refractivity contribution in [1.29, 1.82) is 0 Å². The van der Waals surface area contributed by atoms with Gasteiger partial charge in [-0.1, -0.05) is 24.7 Å². The lowest BCUT2D eigenvalue weighted by atomic mass is 10.0. The number of rotatable bonds is 6. The van der Waals surface area contributed by atoms with E-state index in [9.17, 15) is 22.0 Å². The molecule has 2 saturated heterocycles. The Bertz CT molecular complexity index is 1250. The molecule has 2 aromatic rings. The molecule has 0 amide bonds. The number of fused-ring (bicyclic) bond motifs is 3. The minimum atomic E-state index is -3.55. The summed E-state index contributed by atoms with van der Waals surface area (Å²) in [6.45, 7) is 2.28. The predicted molar refractivity (Wildman–Crippen MR) is 137 cm³/mol. The van der Waals surface area contributed by atoms with Gasteiger partial charge in [-0.3, -0.25) is 0 Å². The van der Waals surface area contributed by atoms with E-state index in [1.165, 1.54) is 12.1 Å². The van der Waals surface area contributed by atoms with E-state index >= 15 is 0 Å². The molecule has 2 fully saturated rings.